The largest absolute Gasteiger partial charge is 0.309 e. The molecule has 0 aliphatic carbocycles. The van der Waals surface area contributed by atoms with E-state index >= 15 is 0 Å². The van der Waals surface area contributed by atoms with Crippen LogP contribution < -0.4 is 0 Å². The number of aromatic nitrogens is 3. The maximum Gasteiger partial charge on any atom is 0.160 e. The second kappa shape index (κ2) is 14.3. The van der Waals surface area contributed by atoms with Crippen LogP contribution in [0.15, 0.2) is 224 Å². The molecule has 12 rings (SSSR count). The number of hydrogen-bond donors (Lipinski definition) is 0. The summed E-state index contributed by atoms with van der Waals surface area (Å²) in [6.45, 7) is 0. The quantitative estimate of drug-likeness (QED) is 0.168. The highest BCUT2D eigenvalue weighted by Crippen LogP contribution is 2.40. The molecule has 0 saturated heterocycles. The summed E-state index contributed by atoms with van der Waals surface area (Å²) in [6.07, 6.45) is 0. The zero-order valence-electron chi connectivity index (χ0n) is 33.2. The fraction of sp³-hybridized carbons (Fsp3) is 0. The molecule has 0 aliphatic rings. The molecule has 0 bridgehead atoms. The molecule has 284 valence electrons. The first-order valence-corrected chi connectivity index (χ1v) is 20.8. The Balaban J connectivity index is 0.965. The molecule has 0 saturated carbocycles. The molecular weight excluding hydrogens is 739 g/mol. The first kappa shape index (κ1) is 34.9. The summed E-state index contributed by atoms with van der Waals surface area (Å²) in [5, 5.41) is 8.28. The SMILES string of the molecule is c1ccc(-c2ccc(-c3cccc4cccc(-c5cccc(-c6nc(-c7ccc8ccc(-n9c%10ccccc%10c%10ccccc%109)cc8c7)nc7ccccc67)c5)c34)cc2)cc1. The molecule has 0 aliphatic heterocycles. The first-order valence-electron chi connectivity index (χ1n) is 20.8. The Morgan fingerprint density at radius 3 is 1.66 bits per heavy atom. The van der Waals surface area contributed by atoms with Crippen molar-refractivity contribution in [3.05, 3.63) is 224 Å². The molecule has 0 unspecified atom stereocenters. The number of benzene rings is 10. The highest BCUT2D eigenvalue weighted by Gasteiger charge is 2.16. The lowest BCUT2D eigenvalue weighted by Gasteiger charge is -2.15. The molecule has 0 amide bonds. The molecule has 2 heterocycles. The minimum Gasteiger partial charge on any atom is -0.309 e. The van der Waals surface area contributed by atoms with Crippen LogP contribution in [0, 0.1) is 0 Å². The minimum atomic E-state index is 0.703. The van der Waals surface area contributed by atoms with Gasteiger partial charge >= 0.3 is 0 Å². The molecule has 10 aromatic carbocycles. The third-order valence-corrected chi connectivity index (χ3v) is 12.2. The van der Waals surface area contributed by atoms with Gasteiger partial charge in [0.15, 0.2) is 5.82 Å². The van der Waals surface area contributed by atoms with Gasteiger partial charge in [0.05, 0.1) is 22.2 Å². The van der Waals surface area contributed by atoms with Gasteiger partial charge in [-0.3, -0.25) is 0 Å². The Hall–Kier alpha value is -8.14. The zero-order valence-corrected chi connectivity index (χ0v) is 33.2. The number of fused-ring (bicyclic) bond motifs is 6. The van der Waals surface area contributed by atoms with E-state index in [1.807, 2.05) is 0 Å². The van der Waals surface area contributed by atoms with E-state index in [0.29, 0.717) is 5.82 Å². The van der Waals surface area contributed by atoms with E-state index in [-0.39, 0.29) is 0 Å². The van der Waals surface area contributed by atoms with Gasteiger partial charge < -0.3 is 4.57 Å². The Labute approximate surface area is 353 Å². The summed E-state index contributed by atoms with van der Waals surface area (Å²) in [6, 6.07) is 80.6. The van der Waals surface area contributed by atoms with Gasteiger partial charge in [-0.15, -0.1) is 0 Å². The van der Waals surface area contributed by atoms with Crippen molar-refractivity contribution in [3.8, 4) is 61.7 Å². The average Bonchev–Trinajstić information content (AvgIpc) is 3.67. The second-order valence-electron chi connectivity index (χ2n) is 15.8. The number of rotatable bonds is 6. The monoisotopic (exact) mass is 775 g/mol. The summed E-state index contributed by atoms with van der Waals surface area (Å²) in [5.41, 5.74) is 14.5. The maximum absolute atomic E-state index is 5.38. The van der Waals surface area contributed by atoms with Gasteiger partial charge in [0.25, 0.3) is 0 Å². The van der Waals surface area contributed by atoms with Gasteiger partial charge in [0.1, 0.15) is 0 Å². The Bertz CT molecular complexity index is 3580. The van der Waals surface area contributed by atoms with Gasteiger partial charge in [-0.1, -0.05) is 182 Å². The third-order valence-electron chi connectivity index (χ3n) is 12.2. The van der Waals surface area contributed by atoms with Crippen LogP contribution in [0.2, 0.25) is 0 Å². The normalized spacial score (nSPS) is 11.6. The maximum atomic E-state index is 5.38. The molecule has 12 aromatic rings. The molecule has 0 radical (unpaired) electrons. The molecular formula is C58H37N3. The van der Waals surface area contributed by atoms with Crippen molar-refractivity contribution in [2.75, 3.05) is 0 Å². The predicted molar refractivity (Wildman–Crippen MR) is 256 cm³/mol. The molecule has 0 spiro atoms. The number of nitrogens with zero attached hydrogens (tertiary/aromatic N) is 3. The Morgan fingerprint density at radius 1 is 0.311 bits per heavy atom. The Kier molecular flexibility index (Phi) is 8.17. The van der Waals surface area contributed by atoms with Crippen LogP contribution in [0.4, 0.5) is 0 Å². The van der Waals surface area contributed by atoms with E-state index in [9.17, 15) is 0 Å². The van der Waals surface area contributed by atoms with E-state index in [1.165, 1.54) is 65.8 Å². The van der Waals surface area contributed by atoms with Crippen molar-refractivity contribution < 1.29 is 0 Å². The van der Waals surface area contributed by atoms with Crippen LogP contribution in [-0.4, -0.2) is 14.5 Å². The van der Waals surface area contributed by atoms with Crippen molar-refractivity contribution in [1.82, 2.24) is 14.5 Å². The van der Waals surface area contributed by atoms with Crippen molar-refractivity contribution in [2.24, 2.45) is 0 Å². The smallest absolute Gasteiger partial charge is 0.160 e. The summed E-state index contributed by atoms with van der Waals surface area (Å²) < 4.78 is 2.37. The molecule has 0 atom stereocenters. The topological polar surface area (TPSA) is 30.7 Å². The molecule has 2 aromatic heterocycles. The molecule has 3 heteroatoms. The van der Waals surface area contributed by atoms with Crippen LogP contribution in [0.1, 0.15) is 0 Å². The summed E-state index contributed by atoms with van der Waals surface area (Å²) >= 11 is 0. The summed E-state index contributed by atoms with van der Waals surface area (Å²) in [5.74, 6) is 0.703. The van der Waals surface area contributed by atoms with Crippen LogP contribution in [0.25, 0.3) is 116 Å². The van der Waals surface area contributed by atoms with Crippen LogP contribution in [0.3, 0.4) is 0 Å². The van der Waals surface area contributed by atoms with Crippen LogP contribution >= 0.6 is 0 Å². The van der Waals surface area contributed by atoms with Crippen molar-refractivity contribution in [1.29, 1.82) is 0 Å². The highest BCUT2D eigenvalue weighted by molar-refractivity contribution is 6.10. The van der Waals surface area contributed by atoms with Crippen LogP contribution in [0.5, 0.6) is 0 Å². The lowest BCUT2D eigenvalue weighted by atomic mass is 9.90. The molecule has 0 fully saturated rings. The fourth-order valence-corrected chi connectivity index (χ4v) is 9.27. The first-order chi connectivity index (χ1) is 30.2. The van der Waals surface area contributed by atoms with E-state index in [0.717, 1.165) is 44.4 Å². The fourth-order valence-electron chi connectivity index (χ4n) is 9.27. The third kappa shape index (κ3) is 5.98. The van der Waals surface area contributed by atoms with Crippen molar-refractivity contribution in [2.45, 2.75) is 0 Å². The predicted octanol–water partition coefficient (Wildman–Crippen LogP) is 15.4. The van der Waals surface area contributed by atoms with Gasteiger partial charge in [-0.2, -0.15) is 0 Å². The van der Waals surface area contributed by atoms with Gasteiger partial charge in [0.2, 0.25) is 0 Å². The molecule has 3 nitrogen and oxygen atoms in total. The molecule has 0 N–H and O–H groups in total. The van der Waals surface area contributed by atoms with E-state index in [1.54, 1.807) is 0 Å². The van der Waals surface area contributed by atoms with E-state index < -0.39 is 0 Å². The lowest BCUT2D eigenvalue weighted by molar-refractivity contribution is 1.19. The Morgan fingerprint density at radius 2 is 0.885 bits per heavy atom. The average molecular weight is 776 g/mol. The molecule has 61 heavy (non-hydrogen) atoms. The van der Waals surface area contributed by atoms with Gasteiger partial charge in [-0.25, -0.2) is 9.97 Å². The van der Waals surface area contributed by atoms with E-state index in [4.69, 9.17) is 9.97 Å². The minimum absolute atomic E-state index is 0.703. The lowest BCUT2D eigenvalue weighted by Crippen LogP contribution is -1.96. The summed E-state index contributed by atoms with van der Waals surface area (Å²) in [7, 11) is 0. The second-order valence-corrected chi connectivity index (χ2v) is 15.8. The van der Waals surface area contributed by atoms with Gasteiger partial charge in [0, 0.05) is 33.0 Å². The number of para-hydroxylation sites is 3. The van der Waals surface area contributed by atoms with Crippen molar-refractivity contribution >= 4 is 54.3 Å². The summed E-state index contributed by atoms with van der Waals surface area (Å²) in [4.78, 5) is 10.5. The highest BCUT2D eigenvalue weighted by atomic mass is 15.0. The number of hydrogen-bond acceptors (Lipinski definition) is 2. The standard InChI is InChI=1S/C58H37N3/c1-2-13-38(14-3-1)39-27-30-41(31-28-39)48-22-11-15-42-16-12-23-49(56(42)48)43-17-10-18-44(35-43)57-52-21-4-7-24-53(52)59-58(60-57)45-32-29-40-33-34-47(37-46(40)36-45)61-54-25-8-5-19-50(54)51-20-6-9-26-55(51)61/h1-37H. The van der Waals surface area contributed by atoms with Crippen molar-refractivity contribution in [3.63, 3.8) is 0 Å². The van der Waals surface area contributed by atoms with Gasteiger partial charge in [-0.05, 0) is 97.4 Å². The zero-order chi connectivity index (χ0) is 40.3. The van der Waals surface area contributed by atoms with Crippen LogP contribution in [-0.2, 0) is 0 Å². The van der Waals surface area contributed by atoms with E-state index in [2.05, 4.69) is 229 Å².